The topological polar surface area (TPSA) is 68.3 Å². The summed E-state index contributed by atoms with van der Waals surface area (Å²) in [4.78, 5) is 47.0. The predicted molar refractivity (Wildman–Crippen MR) is 154 cm³/mol. The molecule has 0 saturated carbocycles. The van der Waals surface area contributed by atoms with Crippen LogP contribution >= 0.6 is 0 Å². The van der Waals surface area contributed by atoms with E-state index in [4.69, 9.17) is 0 Å². The molecule has 0 radical (unpaired) electrons. The number of hydrogen-bond acceptors (Lipinski definition) is 4. The summed E-state index contributed by atoms with van der Waals surface area (Å²) < 4.78 is 0. The van der Waals surface area contributed by atoms with E-state index in [1.807, 2.05) is 19.1 Å². The standard InChI is InChI=1S/C16H22O2.C16H18O2.FH.H2/c2*1-6-13-8-10(3)9-14(7-2)16(13)15(11(4)17)12(5)18;;/h8-9,15H,6-7H2,1-5H3;6-9,15H,1-2H2,3-5H3;2*1H/i;;;1+2. The third kappa shape index (κ3) is 8.28. The van der Waals surface area contributed by atoms with Gasteiger partial charge in [-0.25, -0.2) is 0 Å². The first-order valence-corrected chi connectivity index (χ1v) is 12.4. The molecule has 2 aromatic carbocycles. The van der Waals surface area contributed by atoms with Gasteiger partial charge in [-0.05, 0) is 93.3 Å². The highest BCUT2D eigenvalue weighted by atomic mass is 19.0. The van der Waals surface area contributed by atoms with Gasteiger partial charge in [-0.15, -0.1) is 0 Å². The van der Waals surface area contributed by atoms with E-state index in [1.165, 1.54) is 33.3 Å². The van der Waals surface area contributed by atoms with E-state index >= 15 is 0 Å². The predicted octanol–water partition coefficient (Wildman–Crippen LogP) is 7.32. The smallest absolute Gasteiger partial charge is 0.144 e. The molecule has 202 valence electrons. The van der Waals surface area contributed by atoms with Crippen LogP contribution < -0.4 is 0 Å². The van der Waals surface area contributed by atoms with Crippen LogP contribution in [0.25, 0.3) is 12.2 Å². The van der Waals surface area contributed by atoms with E-state index in [2.05, 4.69) is 46.1 Å². The van der Waals surface area contributed by atoms with Crippen LogP contribution in [0.15, 0.2) is 37.4 Å². The van der Waals surface area contributed by atoms with Crippen molar-refractivity contribution in [2.24, 2.45) is 0 Å². The second-order valence-electron chi connectivity index (χ2n) is 9.28. The largest absolute Gasteiger partial charge is 0.299 e. The molecule has 0 aliphatic rings. The van der Waals surface area contributed by atoms with Crippen molar-refractivity contribution in [2.45, 2.75) is 80.1 Å². The van der Waals surface area contributed by atoms with Crippen LogP contribution in [0.3, 0.4) is 0 Å². The van der Waals surface area contributed by atoms with Gasteiger partial charge in [0.1, 0.15) is 35.0 Å². The average Bonchev–Trinajstić information content (AvgIpc) is 2.79. The zero-order valence-corrected chi connectivity index (χ0v) is 23.5. The highest BCUT2D eigenvalue weighted by Gasteiger charge is 2.27. The van der Waals surface area contributed by atoms with Crippen LogP contribution in [0.4, 0.5) is 4.70 Å². The normalized spacial score (nSPS) is 10.2. The highest BCUT2D eigenvalue weighted by molar-refractivity contribution is 6.07. The molecule has 37 heavy (non-hydrogen) atoms. The van der Waals surface area contributed by atoms with Gasteiger partial charge in [0.25, 0.3) is 0 Å². The summed E-state index contributed by atoms with van der Waals surface area (Å²) in [6.07, 6.45) is 5.05. The molecule has 2 rings (SSSR count). The lowest BCUT2D eigenvalue weighted by Gasteiger charge is -2.20. The molecule has 0 amide bonds. The number of Topliss-reactive ketones (excluding diaryl/α,β-unsaturated/α-hetero) is 4. The van der Waals surface area contributed by atoms with Gasteiger partial charge in [0, 0.05) is 1.43 Å². The van der Waals surface area contributed by atoms with Crippen molar-refractivity contribution in [3.05, 3.63) is 81.9 Å². The molecule has 0 fully saturated rings. The lowest BCUT2D eigenvalue weighted by atomic mass is 9.82. The second-order valence-corrected chi connectivity index (χ2v) is 9.28. The van der Waals surface area contributed by atoms with E-state index in [0.29, 0.717) is 5.56 Å². The Bertz CT molecular complexity index is 1110. The summed E-state index contributed by atoms with van der Waals surface area (Å²) in [6.45, 7) is 21.5. The van der Waals surface area contributed by atoms with Crippen molar-refractivity contribution in [1.29, 1.82) is 0 Å². The summed E-state index contributed by atoms with van der Waals surface area (Å²) in [6, 6.07) is 8.03. The van der Waals surface area contributed by atoms with E-state index in [-0.39, 0.29) is 29.3 Å². The Morgan fingerprint density at radius 2 is 0.973 bits per heavy atom. The van der Waals surface area contributed by atoms with E-state index in [0.717, 1.165) is 46.2 Å². The number of aryl methyl sites for hydroxylation is 4. The van der Waals surface area contributed by atoms with Gasteiger partial charge in [-0.3, -0.25) is 23.9 Å². The fraction of sp³-hybridized carbons (Fsp3) is 0.375. The molecule has 0 unspecified atom stereocenters. The molecule has 0 saturated heterocycles. The summed E-state index contributed by atoms with van der Waals surface area (Å²) in [7, 11) is 0. The molecule has 0 atom stereocenters. The summed E-state index contributed by atoms with van der Waals surface area (Å²) in [5, 5.41) is 0. The van der Waals surface area contributed by atoms with Crippen molar-refractivity contribution in [1.82, 2.24) is 0 Å². The Labute approximate surface area is 222 Å². The first kappa shape index (κ1) is 33.5. The van der Waals surface area contributed by atoms with E-state index < -0.39 is 11.8 Å². The van der Waals surface area contributed by atoms with Gasteiger partial charge in [-0.1, -0.05) is 69.0 Å². The molecular weight excluding hydrogens is 467 g/mol. The zero-order valence-electron chi connectivity index (χ0n) is 23.5. The third-order valence-corrected chi connectivity index (χ3v) is 6.29. The molecule has 0 spiro atoms. The van der Waals surface area contributed by atoms with Crippen molar-refractivity contribution in [2.75, 3.05) is 0 Å². The molecule has 4 nitrogen and oxygen atoms in total. The Kier molecular flexibility index (Phi) is 13.5. The first-order chi connectivity index (χ1) is 16.8. The number of hydrogen-bond donors (Lipinski definition) is 0. The molecule has 5 heteroatoms. The quantitative estimate of drug-likeness (QED) is 0.313. The van der Waals surface area contributed by atoms with Gasteiger partial charge < -0.3 is 0 Å². The number of carbonyl (C=O) groups is 4. The summed E-state index contributed by atoms with van der Waals surface area (Å²) in [5.74, 6) is -1.75. The fourth-order valence-corrected chi connectivity index (χ4v) is 4.82. The molecule has 0 aliphatic carbocycles. The SMILES string of the molecule is C=Cc1cc(C)cc(C=C)c1C(C(C)=O)C(C)=O.CCc1cc(C)cc(CC)c1C(C(C)=O)C(C)=O.F.[3HH]. The van der Waals surface area contributed by atoms with E-state index in [1.54, 1.807) is 12.2 Å². The van der Waals surface area contributed by atoms with Crippen LogP contribution in [-0.4, -0.2) is 23.1 Å². The first-order valence-electron chi connectivity index (χ1n) is 12.4. The lowest BCUT2D eigenvalue weighted by Crippen LogP contribution is -2.20. The number of carbonyl (C=O) groups excluding carboxylic acids is 4. The van der Waals surface area contributed by atoms with Crippen LogP contribution in [0.1, 0.15) is 99.3 Å². The lowest BCUT2D eigenvalue weighted by molar-refractivity contribution is -0.128. The maximum absolute atomic E-state index is 11.8. The van der Waals surface area contributed by atoms with Gasteiger partial charge >= 0.3 is 0 Å². The second kappa shape index (κ2) is 14.9. The molecule has 2 aromatic rings. The molecule has 0 bridgehead atoms. The van der Waals surface area contributed by atoms with Crippen LogP contribution in [0.5, 0.6) is 0 Å². The monoisotopic (exact) mass is 512 g/mol. The van der Waals surface area contributed by atoms with Gasteiger partial charge in [0.2, 0.25) is 0 Å². The molecule has 0 N–H and O–H groups in total. The fourth-order valence-electron chi connectivity index (χ4n) is 4.82. The van der Waals surface area contributed by atoms with E-state index in [9.17, 15) is 19.2 Å². The van der Waals surface area contributed by atoms with Gasteiger partial charge in [-0.2, -0.15) is 0 Å². The third-order valence-electron chi connectivity index (χ3n) is 6.29. The van der Waals surface area contributed by atoms with Crippen LogP contribution in [-0.2, 0) is 32.0 Å². The molecular formula is C32H43FO4. The summed E-state index contributed by atoms with van der Waals surface area (Å²) in [5.41, 5.74) is 7.80. The summed E-state index contributed by atoms with van der Waals surface area (Å²) >= 11 is 0. The van der Waals surface area contributed by atoms with Crippen LogP contribution in [0, 0.1) is 13.8 Å². The minimum Gasteiger partial charge on any atom is -0.299 e. The Balaban J connectivity index is 0. The number of ketones is 4. The van der Waals surface area contributed by atoms with Crippen molar-refractivity contribution >= 4 is 35.3 Å². The van der Waals surface area contributed by atoms with Crippen molar-refractivity contribution in [3.8, 4) is 0 Å². The van der Waals surface area contributed by atoms with Crippen molar-refractivity contribution < 1.29 is 25.3 Å². The minimum atomic E-state index is -0.730. The van der Waals surface area contributed by atoms with Gasteiger partial charge in [0.15, 0.2) is 0 Å². The average molecular weight is 513 g/mol. The number of benzene rings is 2. The minimum absolute atomic E-state index is 0. The maximum Gasteiger partial charge on any atom is 0.144 e. The number of halogens is 1. The number of rotatable bonds is 10. The Hall–Kier alpha value is -3.47. The molecule has 0 aromatic heterocycles. The van der Waals surface area contributed by atoms with Gasteiger partial charge in [0.05, 0.1) is 0 Å². The zero-order chi connectivity index (χ0) is 27.7. The molecule has 0 aliphatic heterocycles. The van der Waals surface area contributed by atoms with Crippen LogP contribution in [0.2, 0.25) is 0 Å². The molecule has 0 heterocycles. The highest BCUT2D eigenvalue weighted by Crippen LogP contribution is 2.30. The maximum atomic E-state index is 11.8. The Morgan fingerprint density at radius 3 is 1.24 bits per heavy atom. The Morgan fingerprint density at radius 1 is 0.676 bits per heavy atom. The van der Waals surface area contributed by atoms with Crippen molar-refractivity contribution in [3.63, 3.8) is 0 Å².